The molecule has 0 aliphatic carbocycles. The highest BCUT2D eigenvalue weighted by atomic mass is 16.2. The van der Waals surface area contributed by atoms with Crippen LogP contribution in [0.5, 0.6) is 0 Å². The first kappa shape index (κ1) is 11.4. The number of anilines is 1. The van der Waals surface area contributed by atoms with Crippen LogP contribution in [-0.4, -0.2) is 46.5 Å². The van der Waals surface area contributed by atoms with Gasteiger partial charge in [0.15, 0.2) is 5.69 Å². The van der Waals surface area contributed by atoms with Crippen LogP contribution in [0.1, 0.15) is 23.1 Å². The summed E-state index contributed by atoms with van der Waals surface area (Å²) in [4.78, 5) is 24.7. The maximum Gasteiger partial charge on any atom is 0.277 e. The fourth-order valence-electron chi connectivity index (χ4n) is 1.78. The predicted octanol–water partition coefficient (Wildman–Crippen LogP) is -0.874. The molecular formula is C10H15N5O2. The molecule has 7 heteroatoms. The molecule has 17 heavy (non-hydrogen) atoms. The van der Waals surface area contributed by atoms with Crippen molar-refractivity contribution in [2.24, 2.45) is 0 Å². The van der Waals surface area contributed by atoms with Gasteiger partial charge in [0.1, 0.15) is 0 Å². The van der Waals surface area contributed by atoms with Crippen LogP contribution in [0.4, 0.5) is 5.69 Å². The average molecular weight is 237 g/mol. The van der Waals surface area contributed by atoms with Crippen molar-refractivity contribution >= 4 is 17.5 Å². The van der Waals surface area contributed by atoms with E-state index < -0.39 is 0 Å². The molecule has 0 bridgehead atoms. The Morgan fingerprint density at radius 2 is 2.35 bits per heavy atom. The number of H-pyrrole nitrogens is 1. The van der Waals surface area contributed by atoms with E-state index in [2.05, 4.69) is 15.5 Å². The maximum atomic E-state index is 12.1. The summed E-state index contributed by atoms with van der Waals surface area (Å²) < 4.78 is 0. The van der Waals surface area contributed by atoms with Gasteiger partial charge in [0.2, 0.25) is 5.91 Å². The SMILES string of the molecule is CCc1[nH]nc(C(=O)N2CCNC(=O)C2)c1N. The average Bonchev–Trinajstić information content (AvgIpc) is 2.69. The van der Waals surface area contributed by atoms with Gasteiger partial charge in [-0.3, -0.25) is 14.7 Å². The number of nitrogen functional groups attached to an aromatic ring is 1. The normalized spacial score (nSPS) is 15.8. The minimum absolute atomic E-state index is 0.0621. The first-order valence-corrected chi connectivity index (χ1v) is 5.52. The molecule has 2 rings (SSSR count). The number of piperazine rings is 1. The molecule has 1 fully saturated rings. The van der Waals surface area contributed by atoms with Crippen molar-refractivity contribution < 1.29 is 9.59 Å². The number of rotatable bonds is 2. The number of amides is 2. The van der Waals surface area contributed by atoms with Gasteiger partial charge in [-0.1, -0.05) is 6.92 Å². The lowest BCUT2D eigenvalue weighted by molar-refractivity contribution is -0.123. The molecule has 0 aromatic carbocycles. The Labute approximate surface area is 98.4 Å². The fourth-order valence-corrected chi connectivity index (χ4v) is 1.78. The molecule has 1 aromatic rings. The van der Waals surface area contributed by atoms with E-state index >= 15 is 0 Å². The molecule has 1 aliphatic heterocycles. The van der Waals surface area contributed by atoms with Gasteiger partial charge < -0.3 is 16.0 Å². The summed E-state index contributed by atoms with van der Waals surface area (Å²) in [5, 5.41) is 9.30. The first-order chi connectivity index (χ1) is 8.13. The van der Waals surface area contributed by atoms with Gasteiger partial charge in [-0.15, -0.1) is 0 Å². The second-order valence-electron chi connectivity index (χ2n) is 3.89. The summed E-state index contributed by atoms with van der Waals surface area (Å²) in [6, 6.07) is 0. The van der Waals surface area contributed by atoms with Crippen LogP contribution in [0.2, 0.25) is 0 Å². The Morgan fingerprint density at radius 1 is 1.59 bits per heavy atom. The molecule has 2 heterocycles. The van der Waals surface area contributed by atoms with Gasteiger partial charge in [-0.05, 0) is 6.42 Å². The standard InChI is InChI=1S/C10H15N5O2/c1-2-6-8(11)9(14-13-6)10(17)15-4-3-12-7(16)5-15/h2-5,11H2,1H3,(H,12,16)(H,13,14). The Bertz CT molecular complexity index is 454. The van der Waals surface area contributed by atoms with Crippen molar-refractivity contribution in [1.29, 1.82) is 0 Å². The van der Waals surface area contributed by atoms with E-state index in [4.69, 9.17) is 5.73 Å². The molecule has 0 saturated carbocycles. The minimum Gasteiger partial charge on any atom is -0.395 e. The van der Waals surface area contributed by atoms with Crippen LogP contribution in [-0.2, 0) is 11.2 Å². The van der Waals surface area contributed by atoms with Crippen LogP contribution in [0, 0.1) is 0 Å². The van der Waals surface area contributed by atoms with E-state index in [1.54, 1.807) is 0 Å². The number of nitrogens with two attached hydrogens (primary N) is 1. The number of nitrogens with zero attached hydrogens (tertiary/aromatic N) is 2. The molecule has 7 nitrogen and oxygen atoms in total. The zero-order valence-electron chi connectivity index (χ0n) is 9.62. The predicted molar refractivity (Wildman–Crippen MR) is 61.3 cm³/mol. The van der Waals surface area contributed by atoms with Crippen molar-refractivity contribution in [2.45, 2.75) is 13.3 Å². The van der Waals surface area contributed by atoms with Gasteiger partial charge in [-0.25, -0.2) is 0 Å². The molecule has 0 spiro atoms. The Balaban J connectivity index is 2.18. The van der Waals surface area contributed by atoms with Gasteiger partial charge in [0.25, 0.3) is 5.91 Å². The summed E-state index contributed by atoms with van der Waals surface area (Å²) in [5.74, 6) is -0.456. The van der Waals surface area contributed by atoms with Crippen LogP contribution >= 0.6 is 0 Å². The second-order valence-corrected chi connectivity index (χ2v) is 3.89. The topological polar surface area (TPSA) is 104 Å². The Hall–Kier alpha value is -2.05. The lowest BCUT2D eigenvalue weighted by atomic mass is 10.2. The van der Waals surface area contributed by atoms with Gasteiger partial charge >= 0.3 is 0 Å². The van der Waals surface area contributed by atoms with Crippen molar-refractivity contribution in [3.63, 3.8) is 0 Å². The summed E-state index contributed by atoms with van der Waals surface area (Å²) in [6.07, 6.45) is 0.687. The highest BCUT2D eigenvalue weighted by molar-refractivity contribution is 5.99. The Morgan fingerprint density at radius 3 is 2.94 bits per heavy atom. The number of hydrogen-bond donors (Lipinski definition) is 3. The summed E-state index contributed by atoms with van der Waals surface area (Å²) >= 11 is 0. The molecule has 0 atom stereocenters. The third kappa shape index (κ3) is 2.08. The van der Waals surface area contributed by atoms with Crippen LogP contribution < -0.4 is 11.1 Å². The zero-order chi connectivity index (χ0) is 12.4. The Kier molecular flexibility index (Phi) is 2.99. The molecule has 0 unspecified atom stereocenters. The third-order valence-corrected chi connectivity index (χ3v) is 2.76. The minimum atomic E-state index is -0.298. The van der Waals surface area contributed by atoms with E-state index in [0.717, 1.165) is 5.69 Å². The number of aromatic nitrogens is 2. The van der Waals surface area contributed by atoms with E-state index in [1.165, 1.54) is 4.90 Å². The van der Waals surface area contributed by atoms with Gasteiger partial charge in [-0.2, -0.15) is 5.10 Å². The van der Waals surface area contributed by atoms with Gasteiger partial charge in [0.05, 0.1) is 17.9 Å². The molecule has 92 valence electrons. The van der Waals surface area contributed by atoms with Crippen LogP contribution in [0.25, 0.3) is 0 Å². The van der Waals surface area contributed by atoms with E-state index in [1.807, 2.05) is 6.92 Å². The number of aryl methyl sites for hydroxylation is 1. The fraction of sp³-hybridized carbons (Fsp3) is 0.500. The summed E-state index contributed by atoms with van der Waals surface area (Å²) in [6.45, 7) is 2.94. The molecule has 0 radical (unpaired) electrons. The zero-order valence-corrected chi connectivity index (χ0v) is 9.62. The first-order valence-electron chi connectivity index (χ1n) is 5.52. The van der Waals surface area contributed by atoms with Crippen LogP contribution in [0.3, 0.4) is 0 Å². The number of carbonyl (C=O) groups is 2. The highest BCUT2D eigenvalue weighted by Crippen LogP contribution is 2.16. The van der Waals surface area contributed by atoms with Crippen molar-refractivity contribution in [1.82, 2.24) is 20.4 Å². The molecule has 2 amide bonds. The van der Waals surface area contributed by atoms with E-state index in [-0.39, 0.29) is 24.1 Å². The number of carbonyl (C=O) groups excluding carboxylic acids is 2. The molecule has 1 aliphatic rings. The molecule has 1 saturated heterocycles. The number of aromatic amines is 1. The lowest BCUT2D eigenvalue weighted by Crippen LogP contribution is -2.50. The van der Waals surface area contributed by atoms with Crippen molar-refractivity contribution in [3.05, 3.63) is 11.4 Å². The maximum absolute atomic E-state index is 12.1. The van der Waals surface area contributed by atoms with Gasteiger partial charge in [0, 0.05) is 13.1 Å². The quantitative estimate of drug-likeness (QED) is 0.621. The largest absolute Gasteiger partial charge is 0.395 e. The van der Waals surface area contributed by atoms with Crippen molar-refractivity contribution in [2.75, 3.05) is 25.4 Å². The number of nitrogens with one attached hydrogen (secondary N) is 2. The van der Waals surface area contributed by atoms with E-state index in [0.29, 0.717) is 25.2 Å². The third-order valence-electron chi connectivity index (χ3n) is 2.76. The highest BCUT2D eigenvalue weighted by Gasteiger charge is 2.26. The number of hydrogen-bond acceptors (Lipinski definition) is 4. The monoisotopic (exact) mass is 237 g/mol. The van der Waals surface area contributed by atoms with E-state index in [9.17, 15) is 9.59 Å². The summed E-state index contributed by atoms with van der Waals surface area (Å²) in [7, 11) is 0. The second kappa shape index (κ2) is 4.44. The van der Waals surface area contributed by atoms with Crippen molar-refractivity contribution in [3.8, 4) is 0 Å². The summed E-state index contributed by atoms with van der Waals surface area (Å²) in [5.41, 5.74) is 7.14. The molecule has 4 N–H and O–H groups in total. The molecule has 1 aromatic heterocycles. The lowest BCUT2D eigenvalue weighted by Gasteiger charge is -2.25. The van der Waals surface area contributed by atoms with Crippen LogP contribution in [0.15, 0.2) is 0 Å². The smallest absolute Gasteiger partial charge is 0.277 e. The molecular weight excluding hydrogens is 222 g/mol.